The summed E-state index contributed by atoms with van der Waals surface area (Å²) in [5.74, 6) is -0.541. The van der Waals surface area contributed by atoms with Crippen molar-refractivity contribution < 1.29 is 37.9 Å². The number of amides is 1. The molecule has 0 aliphatic heterocycles. The number of phosphoric ester groups is 1. The lowest BCUT2D eigenvalue weighted by molar-refractivity contribution is -0.147. The van der Waals surface area contributed by atoms with Crippen molar-refractivity contribution in [2.24, 2.45) is 0 Å². The number of carbonyl (C=O) groups is 2. The lowest BCUT2D eigenvalue weighted by Gasteiger charge is -2.15. The number of hydrogen-bond donors (Lipinski definition) is 3. The normalized spacial score (nSPS) is 13.5. The Kier molecular flexibility index (Phi) is 46.8. The number of aliphatic hydroxyl groups is 1. The van der Waals surface area contributed by atoms with Crippen LogP contribution in [0, 0.1) is 0 Å². The number of aliphatic hydroxyl groups excluding tert-OH is 1. The van der Waals surface area contributed by atoms with Crippen LogP contribution >= 0.6 is 7.82 Å². The maximum absolute atomic E-state index is 12.1. The molecule has 0 aliphatic carbocycles. The molecule has 10 heteroatoms. The van der Waals surface area contributed by atoms with E-state index in [0.29, 0.717) is 6.42 Å². The van der Waals surface area contributed by atoms with Crippen LogP contribution in [0.2, 0.25) is 0 Å². The van der Waals surface area contributed by atoms with Gasteiger partial charge in [-0.1, -0.05) is 217 Å². The number of allylic oxidation sites excluding steroid dienone is 8. The van der Waals surface area contributed by atoms with Gasteiger partial charge in [-0.15, -0.1) is 0 Å². The highest BCUT2D eigenvalue weighted by atomic mass is 31.2. The topological polar surface area (TPSA) is 131 Å². The third-order valence-electron chi connectivity index (χ3n) is 11.0. The monoisotopic (exact) mass is 894 g/mol. The lowest BCUT2D eigenvalue weighted by atomic mass is 10.0. The Morgan fingerprint density at radius 1 is 0.500 bits per heavy atom. The van der Waals surface area contributed by atoms with Crippen LogP contribution in [0.5, 0.6) is 0 Å². The number of esters is 1. The molecular formula is C52H96NO8P. The molecule has 3 N–H and O–H groups in total. The van der Waals surface area contributed by atoms with E-state index in [1.165, 1.54) is 148 Å². The zero-order chi connectivity index (χ0) is 45.3. The summed E-state index contributed by atoms with van der Waals surface area (Å²) in [6, 6.07) is 0. The molecule has 0 fully saturated rings. The molecule has 0 bridgehead atoms. The molecule has 0 aromatic heterocycles. The number of ether oxygens (including phenoxy) is 1. The zero-order valence-electron chi connectivity index (χ0n) is 40.1. The predicted octanol–water partition coefficient (Wildman–Crippen LogP) is 15.1. The first-order chi connectivity index (χ1) is 30.3. The Labute approximate surface area is 381 Å². The molecule has 0 spiro atoms. The molecule has 0 radical (unpaired) electrons. The molecule has 2 unspecified atom stereocenters. The SMILES string of the molecule is CCCCC/C=C\C/C=C\C/C=C\C/C=C\CCCCCC(=O)NCCOP(=O)(O)OCC(O)COC(=O)CCCCCCCCCCCCCCCCCCCCCCCC. The van der Waals surface area contributed by atoms with Crippen LogP contribution in [0.15, 0.2) is 48.6 Å². The van der Waals surface area contributed by atoms with Gasteiger partial charge >= 0.3 is 13.8 Å². The van der Waals surface area contributed by atoms with Crippen molar-refractivity contribution in [3.8, 4) is 0 Å². The van der Waals surface area contributed by atoms with Crippen molar-refractivity contribution >= 4 is 19.7 Å². The van der Waals surface area contributed by atoms with Crippen molar-refractivity contribution in [3.05, 3.63) is 48.6 Å². The predicted molar refractivity (Wildman–Crippen MR) is 261 cm³/mol. The zero-order valence-corrected chi connectivity index (χ0v) is 41.0. The van der Waals surface area contributed by atoms with E-state index >= 15 is 0 Å². The summed E-state index contributed by atoms with van der Waals surface area (Å²) in [4.78, 5) is 34.0. The van der Waals surface area contributed by atoms with Gasteiger partial charge in [0.15, 0.2) is 0 Å². The first-order valence-electron chi connectivity index (χ1n) is 25.6. The summed E-state index contributed by atoms with van der Waals surface area (Å²) in [7, 11) is -4.43. The minimum Gasteiger partial charge on any atom is -0.463 e. The molecule has 0 aromatic carbocycles. The Morgan fingerprint density at radius 3 is 1.34 bits per heavy atom. The fourth-order valence-corrected chi connectivity index (χ4v) is 7.89. The van der Waals surface area contributed by atoms with Crippen molar-refractivity contribution in [2.45, 2.75) is 245 Å². The molecule has 0 aliphatic rings. The van der Waals surface area contributed by atoms with Gasteiger partial charge in [-0.3, -0.25) is 18.6 Å². The van der Waals surface area contributed by atoms with Crippen LogP contribution in [0.1, 0.15) is 239 Å². The molecule has 362 valence electrons. The standard InChI is InChI=1S/C52H96NO8P/c1-3-5-7-9-11-13-15-17-19-21-23-24-25-27-29-31-33-35-37-39-41-43-45-52(56)59-48-50(54)49-61-62(57,58)60-47-46-53-51(55)44-42-40-38-36-34-32-30-28-26-22-20-18-16-14-12-10-8-6-4-2/h12,14,18,20,26,28,32,34,50,54H,3-11,13,15-17,19,21-25,27,29-31,33,35-49H2,1-2H3,(H,53,55)(H,57,58)/b14-12-,20-18-,28-26-,34-32-. The number of hydrogen-bond acceptors (Lipinski definition) is 7. The van der Waals surface area contributed by atoms with E-state index in [0.717, 1.165) is 64.2 Å². The second-order valence-corrected chi connectivity index (χ2v) is 18.6. The molecule has 2 atom stereocenters. The first kappa shape index (κ1) is 60.0. The van der Waals surface area contributed by atoms with E-state index in [1.54, 1.807) is 0 Å². The summed E-state index contributed by atoms with van der Waals surface area (Å²) in [6.45, 7) is 3.52. The van der Waals surface area contributed by atoms with E-state index in [4.69, 9.17) is 13.8 Å². The van der Waals surface area contributed by atoms with Crippen LogP contribution in [-0.4, -0.2) is 54.3 Å². The third kappa shape index (κ3) is 49.0. The molecule has 0 heterocycles. The summed E-state index contributed by atoms with van der Waals surface area (Å²) in [5, 5.41) is 12.7. The van der Waals surface area contributed by atoms with E-state index in [2.05, 4.69) is 67.8 Å². The Bertz CT molecular complexity index is 1160. The average molecular weight is 894 g/mol. The van der Waals surface area contributed by atoms with Gasteiger partial charge < -0.3 is 20.1 Å². The van der Waals surface area contributed by atoms with Gasteiger partial charge in [0.25, 0.3) is 0 Å². The quantitative estimate of drug-likeness (QED) is 0.0238. The molecule has 1 amide bonds. The average Bonchev–Trinajstić information content (AvgIpc) is 3.26. The molecule has 0 saturated heterocycles. The van der Waals surface area contributed by atoms with Gasteiger partial charge in [-0.2, -0.15) is 0 Å². The lowest BCUT2D eigenvalue weighted by Crippen LogP contribution is -2.27. The third-order valence-corrected chi connectivity index (χ3v) is 12.0. The highest BCUT2D eigenvalue weighted by Gasteiger charge is 2.23. The van der Waals surface area contributed by atoms with E-state index in [9.17, 15) is 24.2 Å². The first-order valence-corrected chi connectivity index (χ1v) is 27.1. The van der Waals surface area contributed by atoms with E-state index < -0.39 is 26.5 Å². The second-order valence-electron chi connectivity index (χ2n) is 17.1. The maximum atomic E-state index is 12.1. The molecule has 9 nitrogen and oxygen atoms in total. The fourth-order valence-electron chi connectivity index (χ4n) is 7.13. The molecule has 0 saturated carbocycles. The summed E-state index contributed by atoms with van der Waals surface area (Å²) < 4.78 is 27.0. The number of phosphoric acid groups is 1. The van der Waals surface area contributed by atoms with Crippen LogP contribution in [0.25, 0.3) is 0 Å². The van der Waals surface area contributed by atoms with E-state index in [1.807, 2.05) is 0 Å². The van der Waals surface area contributed by atoms with Gasteiger partial charge in [0, 0.05) is 19.4 Å². The smallest absolute Gasteiger partial charge is 0.463 e. The molecule has 0 rings (SSSR count). The highest BCUT2D eigenvalue weighted by molar-refractivity contribution is 7.47. The van der Waals surface area contributed by atoms with E-state index in [-0.39, 0.29) is 32.1 Å². The van der Waals surface area contributed by atoms with Crippen LogP contribution in [0.4, 0.5) is 0 Å². The molecular weight excluding hydrogens is 798 g/mol. The number of carbonyl (C=O) groups excluding carboxylic acids is 2. The van der Waals surface area contributed by atoms with Crippen molar-refractivity contribution in [1.82, 2.24) is 5.32 Å². The molecule has 0 aromatic rings. The van der Waals surface area contributed by atoms with Gasteiger partial charge in [0.1, 0.15) is 12.7 Å². The van der Waals surface area contributed by atoms with Crippen molar-refractivity contribution in [2.75, 3.05) is 26.4 Å². The van der Waals surface area contributed by atoms with Crippen molar-refractivity contribution in [1.29, 1.82) is 0 Å². The number of rotatable bonds is 48. The van der Waals surface area contributed by atoms with Crippen LogP contribution in [0.3, 0.4) is 0 Å². The van der Waals surface area contributed by atoms with Gasteiger partial charge in [0.05, 0.1) is 13.2 Å². The van der Waals surface area contributed by atoms with Crippen LogP contribution < -0.4 is 5.32 Å². The second kappa shape index (κ2) is 48.4. The molecule has 62 heavy (non-hydrogen) atoms. The number of nitrogens with one attached hydrogen (secondary N) is 1. The van der Waals surface area contributed by atoms with Gasteiger partial charge in [-0.25, -0.2) is 4.57 Å². The van der Waals surface area contributed by atoms with Gasteiger partial charge in [-0.05, 0) is 57.8 Å². The largest absolute Gasteiger partial charge is 0.472 e. The minimum absolute atomic E-state index is 0.0642. The van der Waals surface area contributed by atoms with Crippen LogP contribution in [-0.2, 0) is 27.9 Å². The Morgan fingerprint density at radius 2 is 0.871 bits per heavy atom. The summed E-state index contributed by atoms with van der Waals surface area (Å²) in [6.07, 6.45) is 57.7. The highest BCUT2D eigenvalue weighted by Crippen LogP contribution is 2.42. The van der Waals surface area contributed by atoms with Gasteiger partial charge in [0.2, 0.25) is 5.91 Å². The maximum Gasteiger partial charge on any atom is 0.472 e. The summed E-state index contributed by atoms with van der Waals surface area (Å²) >= 11 is 0. The van der Waals surface area contributed by atoms with Crippen molar-refractivity contribution in [3.63, 3.8) is 0 Å². The number of unbranched alkanes of at least 4 members (excludes halogenated alkanes) is 27. The fraction of sp³-hybridized carbons (Fsp3) is 0.808. The Balaban J connectivity index is 3.58. The Hall–Kier alpha value is -2.03. The minimum atomic E-state index is -4.43. The summed E-state index contributed by atoms with van der Waals surface area (Å²) in [5.41, 5.74) is 0.